The Kier molecular flexibility index (Phi) is 5.53. The van der Waals surface area contributed by atoms with Gasteiger partial charge in [-0.1, -0.05) is 23.7 Å². The standard InChI is InChI=1S/C20H16ClFN6O2/c21-17-15(2-1-7-23-17)19(29)24-8-9-28-18-16(10-26-28)20(30)27(12-25-18)11-13-3-5-14(22)6-4-13/h1-7,10,12H,8-9,11H2,(H,24,29). The van der Waals surface area contributed by atoms with Gasteiger partial charge < -0.3 is 5.32 Å². The van der Waals surface area contributed by atoms with E-state index in [9.17, 15) is 14.0 Å². The number of benzene rings is 1. The average molecular weight is 427 g/mol. The number of nitrogens with one attached hydrogen (secondary N) is 1. The molecule has 0 bridgehead atoms. The SMILES string of the molecule is O=C(NCCn1ncc2c(=O)n(Cc3ccc(F)cc3)cnc21)c1cccnc1Cl. The van der Waals surface area contributed by atoms with Crippen LogP contribution in [0.1, 0.15) is 15.9 Å². The Balaban J connectivity index is 1.46. The molecule has 0 fully saturated rings. The molecular formula is C20H16ClFN6O2. The maximum absolute atomic E-state index is 13.1. The third kappa shape index (κ3) is 4.06. The van der Waals surface area contributed by atoms with Crippen LogP contribution < -0.4 is 10.9 Å². The fourth-order valence-corrected chi connectivity index (χ4v) is 3.19. The normalized spacial score (nSPS) is 11.0. The summed E-state index contributed by atoms with van der Waals surface area (Å²) in [4.78, 5) is 33.1. The van der Waals surface area contributed by atoms with Crippen molar-refractivity contribution < 1.29 is 9.18 Å². The molecule has 30 heavy (non-hydrogen) atoms. The first-order valence-corrected chi connectivity index (χ1v) is 9.45. The Bertz CT molecular complexity index is 1270. The average Bonchev–Trinajstić information content (AvgIpc) is 3.15. The Hall–Kier alpha value is -3.59. The zero-order chi connectivity index (χ0) is 21.1. The van der Waals surface area contributed by atoms with Crippen LogP contribution in [-0.4, -0.2) is 36.8 Å². The maximum Gasteiger partial charge on any atom is 0.264 e. The highest BCUT2D eigenvalue weighted by molar-refractivity contribution is 6.32. The summed E-state index contributed by atoms with van der Waals surface area (Å²) in [6, 6.07) is 9.13. The third-order valence-electron chi connectivity index (χ3n) is 4.50. The van der Waals surface area contributed by atoms with E-state index in [0.29, 0.717) is 17.6 Å². The van der Waals surface area contributed by atoms with Crippen LogP contribution in [0, 0.1) is 5.82 Å². The van der Waals surface area contributed by atoms with Crippen molar-refractivity contribution in [1.29, 1.82) is 0 Å². The Morgan fingerprint density at radius 2 is 1.97 bits per heavy atom. The van der Waals surface area contributed by atoms with Gasteiger partial charge in [0.05, 0.1) is 24.8 Å². The summed E-state index contributed by atoms with van der Waals surface area (Å²) in [5, 5.41) is 7.43. The number of hydrogen-bond donors (Lipinski definition) is 1. The van der Waals surface area contributed by atoms with Crippen molar-refractivity contribution in [2.24, 2.45) is 0 Å². The number of nitrogens with zero attached hydrogens (tertiary/aromatic N) is 5. The molecule has 10 heteroatoms. The van der Waals surface area contributed by atoms with Crippen molar-refractivity contribution >= 4 is 28.5 Å². The maximum atomic E-state index is 13.1. The molecule has 4 rings (SSSR count). The molecule has 0 atom stereocenters. The van der Waals surface area contributed by atoms with Crippen LogP contribution in [0.25, 0.3) is 11.0 Å². The molecule has 0 spiro atoms. The topological polar surface area (TPSA) is 94.7 Å². The minimum Gasteiger partial charge on any atom is -0.350 e. The van der Waals surface area contributed by atoms with Crippen LogP contribution in [-0.2, 0) is 13.1 Å². The van der Waals surface area contributed by atoms with Crippen LogP contribution >= 0.6 is 11.6 Å². The van der Waals surface area contributed by atoms with Gasteiger partial charge in [0, 0.05) is 12.7 Å². The summed E-state index contributed by atoms with van der Waals surface area (Å²) in [6.07, 6.45) is 4.38. The second-order valence-corrected chi connectivity index (χ2v) is 6.86. The van der Waals surface area contributed by atoms with E-state index in [1.807, 2.05) is 0 Å². The number of halogens is 2. The lowest BCUT2D eigenvalue weighted by atomic mass is 10.2. The van der Waals surface area contributed by atoms with Gasteiger partial charge in [0.15, 0.2) is 5.65 Å². The largest absolute Gasteiger partial charge is 0.350 e. The molecule has 0 aliphatic rings. The quantitative estimate of drug-likeness (QED) is 0.477. The van der Waals surface area contributed by atoms with Crippen LogP contribution in [0.4, 0.5) is 4.39 Å². The van der Waals surface area contributed by atoms with E-state index in [4.69, 9.17) is 11.6 Å². The Morgan fingerprint density at radius 1 is 1.17 bits per heavy atom. The number of amides is 1. The summed E-state index contributed by atoms with van der Waals surface area (Å²) < 4.78 is 16.0. The highest BCUT2D eigenvalue weighted by Gasteiger charge is 2.13. The van der Waals surface area contributed by atoms with E-state index < -0.39 is 0 Å². The van der Waals surface area contributed by atoms with E-state index in [1.54, 1.807) is 28.9 Å². The molecule has 4 aromatic rings. The zero-order valence-corrected chi connectivity index (χ0v) is 16.4. The van der Waals surface area contributed by atoms with E-state index >= 15 is 0 Å². The second kappa shape index (κ2) is 8.42. The minimum atomic E-state index is -0.348. The highest BCUT2D eigenvalue weighted by Crippen LogP contribution is 2.11. The molecule has 0 unspecified atom stereocenters. The van der Waals surface area contributed by atoms with Crippen molar-refractivity contribution in [3.63, 3.8) is 0 Å². The molecule has 0 saturated carbocycles. The molecule has 0 aliphatic heterocycles. The molecule has 0 aliphatic carbocycles. The number of hydrogen-bond acceptors (Lipinski definition) is 5. The zero-order valence-electron chi connectivity index (χ0n) is 15.6. The monoisotopic (exact) mass is 426 g/mol. The summed E-state index contributed by atoms with van der Waals surface area (Å²) in [5.74, 6) is -0.682. The van der Waals surface area contributed by atoms with Gasteiger partial charge in [-0.2, -0.15) is 5.10 Å². The molecule has 152 valence electrons. The Labute approximate surface area is 175 Å². The lowest BCUT2D eigenvalue weighted by Crippen LogP contribution is -2.28. The lowest BCUT2D eigenvalue weighted by Gasteiger charge is -2.08. The molecule has 0 radical (unpaired) electrons. The number of pyridine rings is 1. The van der Waals surface area contributed by atoms with Crippen molar-refractivity contribution in [3.05, 3.63) is 87.6 Å². The summed E-state index contributed by atoms with van der Waals surface area (Å²) in [7, 11) is 0. The van der Waals surface area contributed by atoms with Gasteiger partial charge >= 0.3 is 0 Å². The van der Waals surface area contributed by atoms with Crippen LogP contribution in [0.2, 0.25) is 5.15 Å². The highest BCUT2D eigenvalue weighted by atomic mass is 35.5. The van der Waals surface area contributed by atoms with Crippen LogP contribution in [0.3, 0.4) is 0 Å². The summed E-state index contributed by atoms with van der Waals surface area (Å²) >= 11 is 5.92. The first-order chi connectivity index (χ1) is 14.5. The van der Waals surface area contributed by atoms with E-state index in [-0.39, 0.29) is 41.1 Å². The van der Waals surface area contributed by atoms with Gasteiger partial charge in [-0.3, -0.25) is 14.2 Å². The Morgan fingerprint density at radius 3 is 2.73 bits per heavy atom. The molecule has 1 aromatic carbocycles. The van der Waals surface area contributed by atoms with Crippen molar-refractivity contribution in [2.45, 2.75) is 13.1 Å². The van der Waals surface area contributed by atoms with Crippen LogP contribution in [0.5, 0.6) is 0 Å². The smallest absolute Gasteiger partial charge is 0.264 e. The number of carbonyl (C=O) groups excluding carboxylic acids is 1. The van der Waals surface area contributed by atoms with E-state index in [2.05, 4.69) is 20.4 Å². The van der Waals surface area contributed by atoms with Crippen molar-refractivity contribution in [1.82, 2.24) is 29.6 Å². The van der Waals surface area contributed by atoms with Gasteiger partial charge in [-0.15, -0.1) is 0 Å². The van der Waals surface area contributed by atoms with Gasteiger partial charge in [0.1, 0.15) is 22.7 Å². The summed E-state index contributed by atoms with van der Waals surface area (Å²) in [5.41, 5.74) is 1.24. The fraction of sp³-hybridized carbons (Fsp3) is 0.150. The van der Waals surface area contributed by atoms with Gasteiger partial charge in [0.25, 0.3) is 11.5 Å². The van der Waals surface area contributed by atoms with E-state index in [0.717, 1.165) is 5.56 Å². The molecular weight excluding hydrogens is 411 g/mol. The van der Waals surface area contributed by atoms with Gasteiger partial charge in [0.2, 0.25) is 0 Å². The first-order valence-electron chi connectivity index (χ1n) is 9.07. The number of rotatable bonds is 6. The molecule has 3 heterocycles. The lowest BCUT2D eigenvalue weighted by molar-refractivity contribution is 0.0952. The number of carbonyl (C=O) groups is 1. The molecule has 1 amide bonds. The fourth-order valence-electron chi connectivity index (χ4n) is 2.99. The van der Waals surface area contributed by atoms with Crippen molar-refractivity contribution in [2.75, 3.05) is 6.54 Å². The minimum absolute atomic E-state index is 0.128. The predicted molar refractivity (Wildman–Crippen MR) is 109 cm³/mol. The first kappa shape index (κ1) is 19.7. The molecule has 3 aromatic heterocycles. The molecule has 1 N–H and O–H groups in total. The van der Waals surface area contributed by atoms with Crippen LogP contribution in [0.15, 0.2) is 59.9 Å². The molecule has 8 nitrogen and oxygen atoms in total. The van der Waals surface area contributed by atoms with Gasteiger partial charge in [-0.05, 0) is 29.8 Å². The number of fused-ring (bicyclic) bond motifs is 1. The second-order valence-electron chi connectivity index (χ2n) is 6.51. The predicted octanol–water partition coefficient (Wildman–Crippen LogP) is 2.26. The van der Waals surface area contributed by atoms with E-state index in [1.165, 1.54) is 35.4 Å². The molecule has 0 saturated heterocycles. The summed E-state index contributed by atoms with van der Waals surface area (Å²) in [6.45, 7) is 0.859. The van der Waals surface area contributed by atoms with Gasteiger partial charge in [-0.25, -0.2) is 19.0 Å². The van der Waals surface area contributed by atoms with Crippen molar-refractivity contribution in [3.8, 4) is 0 Å². The third-order valence-corrected chi connectivity index (χ3v) is 4.80. The number of aromatic nitrogens is 5.